The summed E-state index contributed by atoms with van der Waals surface area (Å²) in [7, 11) is 0. The number of carbonyl (C=O) groups is 1. The highest BCUT2D eigenvalue weighted by Crippen LogP contribution is 2.26. The Balaban J connectivity index is 1.32. The van der Waals surface area contributed by atoms with Gasteiger partial charge >= 0.3 is 0 Å². The lowest BCUT2D eigenvalue weighted by atomic mass is 10.1. The third kappa shape index (κ3) is 5.57. The maximum absolute atomic E-state index is 13.3. The summed E-state index contributed by atoms with van der Waals surface area (Å²) in [6.45, 7) is 8.34. The van der Waals surface area contributed by atoms with Crippen LogP contribution < -0.4 is 0 Å². The van der Waals surface area contributed by atoms with Crippen molar-refractivity contribution in [3.05, 3.63) is 64.4 Å². The van der Waals surface area contributed by atoms with Gasteiger partial charge in [-0.25, -0.2) is 4.39 Å². The molecule has 0 aliphatic carbocycles. The lowest BCUT2D eigenvalue weighted by Gasteiger charge is -2.34. The predicted molar refractivity (Wildman–Crippen MR) is 130 cm³/mol. The van der Waals surface area contributed by atoms with Gasteiger partial charge < -0.3 is 9.47 Å². The lowest BCUT2D eigenvalue weighted by molar-refractivity contribution is -0.130. The zero-order chi connectivity index (χ0) is 23.4. The fourth-order valence-corrected chi connectivity index (χ4v) is 5.10. The van der Waals surface area contributed by atoms with Crippen LogP contribution in [0.2, 0.25) is 5.02 Å². The molecule has 0 bridgehead atoms. The molecule has 6 nitrogen and oxygen atoms in total. The van der Waals surface area contributed by atoms with Crippen molar-refractivity contribution in [1.82, 2.24) is 24.6 Å². The van der Waals surface area contributed by atoms with Gasteiger partial charge in [0.05, 0.1) is 5.75 Å². The second-order valence-corrected chi connectivity index (χ2v) is 9.40. The van der Waals surface area contributed by atoms with E-state index in [4.69, 9.17) is 11.6 Å². The normalized spacial score (nSPS) is 14.6. The Hall–Kier alpha value is -2.42. The van der Waals surface area contributed by atoms with Crippen molar-refractivity contribution >= 4 is 29.3 Å². The molecule has 0 unspecified atom stereocenters. The minimum absolute atomic E-state index is 0.0996. The summed E-state index contributed by atoms with van der Waals surface area (Å²) < 4.78 is 15.3. The fraction of sp³-hybridized carbons (Fsp3) is 0.375. The van der Waals surface area contributed by atoms with Gasteiger partial charge in [0, 0.05) is 49.9 Å². The minimum atomic E-state index is -0.332. The number of benzene rings is 2. The summed E-state index contributed by atoms with van der Waals surface area (Å²) in [5.74, 6) is 0.929. The Morgan fingerprint density at radius 3 is 2.58 bits per heavy atom. The quantitative estimate of drug-likeness (QED) is 0.459. The largest absolute Gasteiger partial charge is 0.339 e. The topological polar surface area (TPSA) is 54.3 Å². The number of aryl methyl sites for hydroxylation is 1. The number of halogens is 2. The van der Waals surface area contributed by atoms with Crippen LogP contribution in [0.1, 0.15) is 18.1 Å². The molecule has 174 valence electrons. The van der Waals surface area contributed by atoms with Gasteiger partial charge in [-0.15, -0.1) is 10.2 Å². The van der Waals surface area contributed by atoms with Crippen molar-refractivity contribution in [2.75, 3.05) is 31.9 Å². The van der Waals surface area contributed by atoms with Gasteiger partial charge in [0.15, 0.2) is 11.0 Å². The van der Waals surface area contributed by atoms with E-state index in [9.17, 15) is 9.18 Å². The summed E-state index contributed by atoms with van der Waals surface area (Å²) in [5, 5.41) is 9.95. The molecule has 0 atom stereocenters. The van der Waals surface area contributed by atoms with Gasteiger partial charge in [-0.05, 0) is 37.1 Å². The van der Waals surface area contributed by atoms with Gasteiger partial charge in [0.25, 0.3) is 0 Å². The molecule has 1 fully saturated rings. The number of hydrogen-bond acceptors (Lipinski definition) is 5. The Morgan fingerprint density at radius 1 is 1.12 bits per heavy atom. The van der Waals surface area contributed by atoms with E-state index in [-0.39, 0.29) is 11.7 Å². The van der Waals surface area contributed by atoms with Crippen LogP contribution in [0, 0.1) is 12.7 Å². The molecule has 33 heavy (non-hydrogen) atoms. The highest BCUT2D eigenvalue weighted by Gasteiger charge is 2.23. The second-order valence-electron chi connectivity index (χ2n) is 8.05. The van der Waals surface area contributed by atoms with Crippen LogP contribution >= 0.6 is 23.4 Å². The van der Waals surface area contributed by atoms with Crippen molar-refractivity contribution < 1.29 is 9.18 Å². The Morgan fingerprint density at radius 2 is 1.88 bits per heavy atom. The Labute approximate surface area is 202 Å². The molecule has 3 aromatic rings. The van der Waals surface area contributed by atoms with E-state index in [2.05, 4.69) is 39.6 Å². The van der Waals surface area contributed by atoms with Crippen LogP contribution in [0.5, 0.6) is 0 Å². The molecule has 1 aromatic heterocycles. The second kappa shape index (κ2) is 10.7. The number of thioether (sulfide) groups is 1. The molecular weight excluding hydrogens is 461 g/mol. The molecule has 1 aliphatic rings. The summed E-state index contributed by atoms with van der Waals surface area (Å²) >= 11 is 7.59. The monoisotopic (exact) mass is 487 g/mol. The van der Waals surface area contributed by atoms with Gasteiger partial charge in [-0.2, -0.15) is 0 Å². The third-order valence-electron chi connectivity index (χ3n) is 5.88. The molecule has 0 spiro atoms. The molecule has 4 rings (SSSR count). The maximum Gasteiger partial charge on any atom is 0.233 e. The van der Waals surface area contributed by atoms with Crippen LogP contribution in [-0.4, -0.2) is 62.4 Å². The maximum atomic E-state index is 13.3. The van der Waals surface area contributed by atoms with E-state index in [0.717, 1.165) is 47.3 Å². The van der Waals surface area contributed by atoms with Crippen LogP contribution in [-0.2, 0) is 17.9 Å². The van der Waals surface area contributed by atoms with E-state index in [1.807, 2.05) is 23.1 Å². The highest BCUT2D eigenvalue weighted by molar-refractivity contribution is 7.99. The first-order valence-corrected chi connectivity index (χ1v) is 12.4. The molecule has 2 aromatic carbocycles. The minimum Gasteiger partial charge on any atom is -0.339 e. The van der Waals surface area contributed by atoms with Gasteiger partial charge in [-0.3, -0.25) is 9.69 Å². The average molecular weight is 488 g/mol. The van der Waals surface area contributed by atoms with Gasteiger partial charge in [0.2, 0.25) is 5.91 Å². The average Bonchev–Trinajstić information content (AvgIpc) is 3.22. The summed E-state index contributed by atoms with van der Waals surface area (Å²) in [4.78, 5) is 17.0. The number of amides is 1. The van der Waals surface area contributed by atoms with E-state index in [1.54, 1.807) is 6.07 Å². The number of nitrogens with zero attached hydrogens (tertiary/aromatic N) is 5. The molecule has 0 N–H and O–H groups in total. The smallest absolute Gasteiger partial charge is 0.233 e. The SMILES string of the molecule is CCn1c(SCC(=O)N2CCN(Cc3ccc(F)cc3Cl)CC2)nnc1-c1ccccc1C. The zero-order valence-corrected chi connectivity index (χ0v) is 20.4. The lowest BCUT2D eigenvalue weighted by Crippen LogP contribution is -2.48. The van der Waals surface area contributed by atoms with E-state index in [0.29, 0.717) is 30.4 Å². The summed E-state index contributed by atoms with van der Waals surface area (Å²) in [6, 6.07) is 12.6. The molecule has 9 heteroatoms. The van der Waals surface area contributed by atoms with Crippen molar-refractivity contribution in [3.63, 3.8) is 0 Å². The molecule has 1 saturated heterocycles. The first kappa shape index (κ1) is 23.7. The van der Waals surface area contributed by atoms with Crippen LogP contribution in [0.3, 0.4) is 0 Å². The van der Waals surface area contributed by atoms with Crippen LogP contribution in [0.15, 0.2) is 47.6 Å². The van der Waals surface area contributed by atoms with Crippen molar-refractivity contribution in [2.45, 2.75) is 32.1 Å². The molecule has 1 aliphatic heterocycles. The molecule has 1 amide bonds. The van der Waals surface area contributed by atoms with Crippen LogP contribution in [0.4, 0.5) is 4.39 Å². The molecular formula is C24H27ClFN5OS. The first-order chi connectivity index (χ1) is 16.0. The standard InChI is InChI=1S/C24H27ClFN5OS/c1-3-31-23(20-7-5-4-6-17(20)2)27-28-24(31)33-16-22(32)30-12-10-29(11-13-30)15-18-8-9-19(26)14-21(18)25/h4-9,14H,3,10-13,15-16H2,1-2H3. The van der Waals surface area contributed by atoms with Gasteiger partial charge in [0.1, 0.15) is 5.82 Å². The Bertz CT molecular complexity index is 1130. The number of hydrogen-bond donors (Lipinski definition) is 0. The predicted octanol–water partition coefficient (Wildman–Crippen LogP) is 4.50. The van der Waals surface area contributed by atoms with E-state index in [1.165, 1.54) is 23.9 Å². The summed E-state index contributed by atoms with van der Waals surface area (Å²) in [6.07, 6.45) is 0. The highest BCUT2D eigenvalue weighted by atomic mass is 35.5. The number of aromatic nitrogens is 3. The molecule has 0 radical (unpaired) electrons. The van der Waals surface area contributed by atoms with Gasteiger partial charge in [-0.1, -0.05) is 53.7 Å². The Kier molecular flexibility index (Phi) is 7.67. The molecule has 2 heterocycles. The van der Waals surface area contributed by atoms with E-state index >= 15 is 0 Å². The molecule has 0 saturated carbocycles. The van der Waals surface area contributed by atoms with Crippen molar-refractivity contribution in [3.8, 4) is 11.4 Å². The van der Waals surface area contributed by atoms with E-state index < -0.39 is 0 Å². The first-order valence-electron chi connectivity index (χ1n) is 11.0. The number of rotatable bonds is 7. The summed E-state index contributed by atoms with van der Waals surface area (Å²) in [5.41, 5.74) is 3.10. The zero-order valence-electron chi connectivity index (χ0n) is 18.8. The number of piperazine rings is 1. The number of carbonyl (C=O) groups excluding carboxylic acids is 1. The third-order valence-corrected chi connectivity index (χ3v) is 7.18. The fourth-order valence-electron chi connectivity index (χ4n) is 3.97. The van der Waals surface area contributed by atoms with Crippen molar-refractivity contribution in [2.24, 2.45) is 0 Å². The van der Waals surface area contributed by atoms with Crippen LogP contribution in [0.25, 0.3) is 11.4 Å². The van der Waals surface area contributed by atoms with Crippen molar-refractivity contribution in [1.29, 1.82) is 0 Å².